The molecule has 3 rings (SSSR count). The number of benzene rings is 2. The summed E-state index contributed by atoms with van der Waals surface area (Å²) in [7, 11) is 0. The average Bonchev–Trinajstić information content (AvgIpc) is 3.09. The summed E-state index contributed by atoms with van der Waals surface area (Å²) in [6, 6.07) is 14.2. The van der Waals surface area contributed by atoms with E-state index in [1.165, 1.54) is 12.1 Å². The third-order valence-corrected chi connectivity index (χ3v) is 5.49. The van der Waals surface area contributed by atoms with E-state index in [4.69, 9.17) is 4.74 Å². The molecule has 5 nitrogen and oxygen atoms in total. The Hall–Kier alpha value is -3.15. The zero-order chi connectivity index (χ0) is 22.4. The summed E-state index contributed by atoms with van der Waals surface area (Å²) in [5, 5.41) is 9.22. The maximum atomic E-state index is 13.3. The lowest BCUT2D eigenvalue weighted by atomic mass is 9.87. The number of para-hydroxylation sites is 1. The summed E-state index contributed by atoms with van der Waals surface area (Å²) >= 11 is 0. The highest BCUT2D eigenvalue weighted by molar-refractivity contribution is 5.73. The highest BCUT2D eigenvalue weighted by Crippen LogP contribution is 2.26. The number of unbranched alkanes of at least 4 members (excludes halogenated alkanes) is 1. The lowest BCUT2D eigenvalue weighted by Crippen LogP contribution is -2.23. The molecule has 0 aliphatic heterocycles. The van der Waals surface area contributed by atoms with Crippen molar-refractivity contribution in [1.82, 2.24) is 9.55 Å². The lowest BCUT2D eigenvalue weighted by Gasteiger charge is -2.19. The molecule has 0 aliphatic rings. The van der Waals surface area contributed by atoms with Crippen LogP contribution in [0.4, 0.5) is 4.39 Å². The highest BCUT2D eigenvalue weighted by Gasteiger charge is 2.26. The Bertz CT molecular complexity index is 1030. The summed E-state index contributed by atoms with van der Waals surface area (Å²) in [4.78, 5) is 15.7. The molecule has 0 bridgehead atoms. The summed E-state index contributed by atoms with van der Waals surface area (Å²) in [5.74, 6) is 0.539. The van der Waals surface area contributed by atoms with Crippen molar-refractivity contribution in [3.05, 3.63) is 71.8 Å². The fourth-order valence-corrected chi connectivity index (χ4v) is 3.39. The van der Waals surface area contributed by atoms with E-state index in [9.17, 15) is 14.3 Å². The molecule has 3 aromatic rings. The van der Waals surface area contributed by atoms with E-state index in [2.05, 4.69) is 9.55 Å². The number of aromatic nitrogens is 2. The van der Waals surface area contributed by atoms with Crippen molar-refractivity contribution in [2.45, 2.75) is 46.6 Å². The van der Waals surface area contributed by atoms with Crippen LogP contribution in [0.2, 0.25) is 0 Å². The molecule has 1 heterocycles. The van der Waals surface area contributed by atoms with Crippen LogP contribution < -0.4 is 4.74 Å². The summed E-state index contributed by atoms with van der Waals surface area (Å²) in [6.45, 7) is 6.60. The van der Waals surface area contributed by atoms with Crippen molar-refractivity contribution in [2.24, 2.45) is 5.41 Å². The van der Waals surface area contributed by atoms with Gasteiger partial charge in [-0.3, -0.25) is 4.79 Å². The average molecular weight is 425 g/mol. The molecular formula is C25H29FN2O3. The van der Waals surface area contributed by atoms with Gasteiger partial charge >= 0.3 is 5.97 Å². The first-order chi connectivity index (χ1) is 14.8. The number of halogens is 1. The SMILES string of the molecule is Cc1cnc(-c2ccc(F)cc2)n1Cc1ccccc1OCCCCC(C)(C)C(=O)O. The number of carboxylic acids is 1. The van der Waals surface area contributed by atoms with E-state index in [0.717, 1.165) is 41.2 Å². The molecule has 0 saturated carbocycles. The molecule has 0 fully saturated rings. The Balaban J connectivity index is 1.67. The molecule has 2 aromatic carbocycles. The molecule has 0 saturated heterocycles. The van der Waals surface area contributed by atoms with Gasteiger partial charge in [0.25, 0.3) is 0 Å². The fourth-order valence-electron chi connectivity index (χ4n) is 3.39. The molecule has 31 heavy (non-hydrogen) atoms. The number of nitrogens with zero attached hydrogens (tertiary/aromatic N) is 2. The quantitative estimate of drug-likeness (QED) is 0.424. The number of rotatable bonds is 10. The first kappa shape index (κ1) is 22.5. The maximum Gasteiger partial charge on any atom is 0.309 e. The Morgan fingerprint density at radius 2 is 1.84 bits per heavy atom. The molecule has 0 atom stereocenters. The zero-order valence-electron chi connectivity index (χ0n) is 18.3. The number of hydrogen-bond donors (Lipinski definition) is 1. The van der Waals surface area contributed by atoms with Gasteiger partial charge in [-0.15, -0.1) is 0 Å². The van der Waals surface area contributed by atoms with E-state index in [0.29, 0.717) is 19.6 Å². The van der Waals surface area contributed by atoms with E-state index in [1.807, 2.05) is 37.4 Å². The van der Waals surface area contributed by atoms with Crippen molar-refractivity contribution in [3.8, 4) is 17.1 Å². The van der Waals surface area contributed by atoms with Crippen LogP contribution in [0.5, 0.6) is 5.75 Å². The van der Waals surface area contributed by atoms with Crippen molar-refractivity contribution in [2.75, 3.05) is 6.61 Å². The van der Waals surface area contributed by atoms with Crippen LogP contribution in [0, 0.1) is 18.2 Å². The van der Waals surface area contributed by atoms with Gasteiger partial charge in [0.1, 0.15) is 17.4 Å². The number of hydrogen-bond acceptors (Lipinski definition) is 3. The number of ether oxygens (including phenoxy) is 1. The lowest BCUT2D eigenvalue weighted by molar-refractivity contribution is -0.147. The minimum absolute atomic E-state index is 0.274. The van der Waals surface area contributed by atoms with Crippen LogP contribution in [0.15, 0.2) is 54.7 Å². The van der Waals surface area contributed by atoms with Crippen molar-refractivity contribution in [3.63, 3.8) is 0 Å². The zero-order valence-corrected chi connectivity index (χ0v) is 18.3. The van der Waals surface area contributed by atoms with E-state index in [-0.39, 0.29) is 5.82 Å². The summed E-state index contributed by atoms with van der Waals surface area (Å²) in [5.41, 5.74) is 2.17. The number of carboxylic acid groups (broad SMARTS) is 1. The standard InChI is InChI=1S/C25H29FN2O3/c1-18-16-27-23(19-10-12-21(26)13-11-19)28(18)17-20-8-4-5-9-22(20)31-15-7-6-14-25(2,3)24(29)30/h4-5,8-13,16H,6-7,14-15,17H2,1-3H3,(H,29,30). The predicted molar refractivity (Wildman–Crippen MR) is 119 cm³/mol. The predicted octanol–water partition coefficient (Wildman–Crippen LogP) is 5.71. The molecule has 0 amide bonds. The Morgan fingerprint density at radius 3 is 2.55 bits per heavy atom. The molecule has 1 N–H and O–H groups in total. The number of aliphatic carboxylic acids is 1. The van der Waals surface area contributed by atoms with Gasteiger partial charge in [-0.25, -0.2) is 9.37 Å². The molecule has 0 spiro atoms. The van der Waals surface area contributed by atoms with Gasteiger partial charge < -0.3 is 14.4 Å². The van der Waals surface area contributed by atoms with Crippen molar-refractivity contribution < 1.29 is 19.0 Å². The molecule has 0 radical (unpaired) electrons. The minimum atomic E-state index is -0.772. The Labute approximate surface area is 182 Å². The first-order valence-electron chi connectivity index (χ1n) is 10.5. The molecule has 0 unspecified atom stereocenters. The van der Waals surface area contributed by atoms with Gasteiger partial charge in [-0.2, -0.15) is 0 Å². The molecule has 0 aliphatic carbocycles. The van der Waals surface area contributed by atoms with Gasteiger partial charge in [0.2, 0.25) is 0 Å². The van der Waals surface area contributed by atoms with Gasteiger partial charge in [0.05, 0.1) is 18.6 Å². The monoisotopic (exact) mass is 424 g/mol. The first-order valence-corrected chi connectivity index (χ1v) is 10.5. The van der Waals surface area contributed by atoms with Crippen molar-refractivity contribution >= 4 is 5.97 Å². The third kappa shape index (κ3) is 5.72. The van der Waals surface area contributed by atoms with Crippen molar-refractivity contribution in [1.29, 1.82) is 0 Å². The number of imidazole rings is 1. The van der Waals surface area contributed by atoms with E-state index < -0.39 is 11.4 Å². The van der Waals surface area contributed by atoms with Gasteiger partial charge in [-0.05, 0) is 70.4 Å². The normalized spacial score (nSPS) is 11.5. The molecule has 1 aromatic heterocycles. The summed E-state index contributed by atoms with van der Waals surface area (Å²) < 4.78 is 21.4. The van der Waals surface area contributed by atoms with Crippen LogP contribution in [0.3, 0.4) is 0 Å². The second kappa shape index (κ2) is 9.77. The van der Waals surface area contributed by atoms with Crippen LogP contribution >= 0.6 is 0 Å². The second-order valence-corrected chi connectivity index (χ2v) is 8.42. The van der Waals surface area contributed by atoms with E-state index in [1.54, 1.807) is 26.0 Å². The van der Waals surface area contributed by atoms with Crippen LogP contribution in [-0.4, -0.2) is 27.2 Å². The number of carbonyl (C=O) groups is 1. The van der Waals surface area contributed by atoms with Gasteiger partial charge in [0.15, 0.2) is 0 Å². The molecule has 164 valence electrons. The molecular weight excluding hydrogens is 395 g/mol. The number of aryl methyl sites for hydroxylation is 1. The third-order valence-electron chi connectivity index (χ3n) is 5.49. The minimum Gasteiger partial charge on any atom is -0.493 e. The van der Waals surface area contributed by atoms with E-state index >= 15 is 0 Å². The smallest absolute Gasteiger partial charge is 0.309 e. The Morgan fingerprint density at radius 1 is 1.13 bits per heavy atom. The largest absolute Gasteiger partial charge is 0.493 e. The topological polar surface area (TPSA) is 64.4 Å². The fraction of sp³-hybridized carbons (Fsp3) is 0.360. The highest BCUT2D eigenvalue weighted by atomic mass is 19.1. The van der Waals surface area contributed by atoms with Crippen LogP contribution in [0.25, 0.3) is 11.4 Å². The second-order valence-electron chi connectivity index (χ2n) is 8.42. The van der Waals surface area contributed by atoms with Gasteiger partial charge in [-0.1, -0.05) is 18.2 Å². The van der Waals surface area contributed by atoms with Gasteiger partial charge in [0, 0.05) is 23.0 Å². The van der Waals surface area contributed by atoms with Crippen LogP contribution in [0.1, 0.15) is 44.4 Å². The summed E-state index contributed by atoms with van der Waals surface area (Å²) in [6.07, 6.45) is 4.00. The molecule has 6 heteroatoms. The maximum absolute atomic E-state index is 13.3. The van der Waals surface area contributed by atoms with Crippen LogP contribution in [-0.2, 0) is 11.3 Å². The Kier molecular flexibility index (Phi) is 7.10.